The van der Waals surface area contributed by atoms with Crippen molar-refractivity contribution in [3.63, 3.8) is 0 Å². The topological polar surface area (TPSA) is 12.0 Å². The zero-order valence-corrected chi connectivity index (χ0v) is 13.8. The summed E-state index contributed by atoms with van der Waals surface area (Å²) in [5.74, 6) is 0. The van der Waals surface area contributed by atoms with Gasteiger partial charge in [-0.1, -0.05) is 65.7 Å². The highest BCUT2D eigenvalue weighted by atomic mass is 14.9. The maximum Gasteiger partial charge on any atom is 0.00674 e. The molecule has 0 unspecified atom stereocenters. The summed E-state index contributed by atoms with van der Waals surface area (Å²) in [6.45, 7) is 8.38. The third kappa shape index (κ3) is 8.68. The van der Waals surface area contributed by atoms with Gasteiger partial charge in [0.25, 0.3) is 0 Å². The van der Waals surface area contributed by atoms with Gasteiger partial charge in [0.05, 0.1) is 0 Å². The van der Waals surface area contributed by atoms with E-state index in [0.717, 1.165) is 6.04 Å². The summed E-state index contributed by atoms with van der Waals surface area (Å²) in [6.07, 6.45) is 17.0. The van der Waals surface area contributed by atoms with Gasteiger partial charge in [0, 0.05) is 6.04 Å². The first-order valence-corrected chi connectivity index (χ1v) is 8.87. The lowest BCUT2D eigenvalue weighted by molar-refractivity contribution is 0.206. The number of rotatable bonds is 10. The number of hydrogen-bond donors (Lipinski definition) is 1. The maximum absolute atomic E-state index is 3.77. The summed E-state index contributed by atoms with van der Waals surface area (Å²) in [6, 6.07) is 0.817. The fourth-order valence-electron chi connectivity index (χ4n) is 3.17. The average Bonchev–Trinajstić information content (AvgIpc) is 2.38. The molecule has 0 aromatic heterocycles. The van der Waals surface area contributed by atoms with Crippen molar-refractivity contribution >= 4 is 0 Å². The first-order chi connectivity index (χ1) is 9.14. The Morgan fingerprint density at radius 1 is 0.842 bits per heavy atom. The molecule has 1 nitrogen and oxygen atoms in total. The molecule has 0 spiro atoms. The van der Waals surface area contributed by atoms with Crippen LogP contribution in [-0.4, -0.2) is 12.6 Å². The minimum atomic E-state index is 0.608. The predicted molar refractivity (Wildman–Crippen MR) is 86.6 cm³/mol. The van der Waals surface area contributed by atoms with E-state index in [1.165, 1.54) is 83.6 Å². The van der Waals surface area contributed by atoms with Gasteiger partial charge < -0.3 is 5.32 Å². The van der Waals surface area contributed by atoms with Gasteiger partial charge in [-0.3, -0.25) is 0 Å². The maximum atomic E-state index is 3.77. The van der Waals surface area contributed by atoms with Gasteiger partial charge in [-0.2, -0.15) is 0 Å². The van der Waals surface area contributed by atoms with Crippen molar-refractivity contribution in [2.45, 2.75) is 104 Å². The van der Waals surface area contributed by atoms with E-state index >= 15 is 0 Å². The van der Waals surface area contributed by atoms with Gasteiger partial charge in [0.2, 0.25) is 0 Å². The molecule has 1 aliphatic carbocycles. The van der Waals surface area contributed by atoms with Gasteiger partial charge in [0.15, 0.2) is 0 Å². The molecule has 114 valence electrons. The van der Waals surface area contributed by atoms with E-state index in [1.807, 2.05) is 0 Å². The van der Waals surface area contributed by atoms with E-state index in [4.69, 9.17) is 0 Å². The molecule has 1 N–H and O–H groups in total. The molecule has 1 rings (SSSR count). The van der Waals surface area contributed by atoms with E-state index in [1.54, 1.807) is 0 Å². The predicted octanol–water partition coefficient (Wildman–Crippen LogP) is 5.69. The summed E-state index contributed by atoms with van der Waals surface area (Å²) >= 11 is 0. The molecule has 0 saturated heterocycles. The van der Waals surface area contributed by atoms with Crippen LogP contribution in [0.15, 0.2) is 0 Å². The van der Waals surface area contributed by atoms with Crippen LogP contribution in [0.1, 0.15) is 97.8 Å². The monoisotopic (exact) mass is 267 g/mol. The molecule has 0 heterocycles. The molecule has 0 aromatic carbocycles. The van der Waals surface area contributed by atoms with E-state index in [0.29, 0.717) is 5.41 Å². The minimum Gasteiger partial charge on any atom is -0.314 e. The Kier molecular flexibility index (Phi) is 8.77. The van der Waals surface area contributed by atoms with Crippen molar-refractivity contribution in [2.24, 2.45) is 5.41 Å². The van der Waals surface area contributed by atoms with Gasteiger partial charge in [-0.25, -0.2) is 0 Å². The normalized spacial score (nSPS) is 19.7. The molecule has 1 aliphatic rings. The summed E-state index contributed by atoms with van der Waals surface area (Å²) in [5, 5.41) is 3.77. The SMILES string of the molecule is CCCCCCCCCCNC1CCC(C)(C)CC1. The second-order valence-corrected chi connectivity index (χ2v) is 7.37. The summed E-state index contributed by atoms with van der Waals surface area (Å²) < 4.78 is 0. The number of nitrogens with one attached hydrogen (secondary N) is 1. The Bertz CT molecular complexity index is 200. The highest BCUT2D eigenvalue weighted by molar-refractivity contribution is 4.81. The number of hydrogen-bond acceptors (Lipinski definition) is 1. The standard InChI is InChI=1S/C18H37N/c1-4-5-6-7-8-9-10-11-16-19-17-12-14-18(2,3)15-13-17/h17,19H,4-16H2,1-3H3. The second kappa shape index (κ2) is 9.80. The molecule has 1 heteroatoms. The largest absolute Gasteiger partial charge is 0.314 e. The van der Waals surface area contributed by atoms with Crippen molar-refractivity contribution in [1.82, 2.24) is 5.32 Å². The Labute approximate surface area is 121 Å². The van der Waals surface area contributed by atoms with Crippen LogP contribution in [0.4, 0.5) is 0 Å². The molecule has 0 aromatic rings. The fraction of sp³-hybridized carbons (Fsp3) is 1.00. The van der Waals surface area contributed by atoms with E-state index in [9.17, 15) is 0 Å². The fourth-order valence-corrected chi connectivity index (χ4v) is 3.17. The zero-order chi connectivity index (χ0) is 14.0. The smallest absolute Gasteiger partial charge is 0.00674 e. The Balaban J connectivity index is 1.84. The van der Waals surface area contributed by atoms with Gasteiger partial charge >= 0.3 is 0 Å². The van der Waals surface area contributed by atoms with Crippen LogP contribution in [0.5, 0.6) is 0 Å². The highest BCUT2D eigenvalue weighted by Crippen LogP contribution is 2.34. The van der Waals surface area contributed by atoms with E-state index in [2.05, 4.69) is 26.1 Å². The van der Waals surface area contributed by atoms with Crippen LogP contribution in [0.3, 0.4) is 0 Å². The minimum absolute atomic E-state index is 0.608. The molecule has 0 amide bonds. The molecule has 1 saturated carbocycles. The van der Waals surface area contributed by atoms with Crippen LogP contribution >= 0.6 is 0 Å². The second-order valence-electron chi connectivity index (χ2n) is 7.37. The Morgan fingerprint density at radius 2 is 1.37 bits per heavy atom. The van der Waals surface area contributed by atoms with Crippen molar-refractivity contribution in [3.8, 4) is 0 Å². The first-order valence-electron chi connectivity index (χ1n) is 8.87. The lowest BCUT2D eigenvalue weighted by atomic mass is 9.75. The van der Waals surface area contributed by atoms with Crippen LogP contribution in [0.25, 0.3) is 0 Å². The highest BCUT2D eigenvalue weighted by Gasteiger charge is 2.26. The van der Waals surface area contributed by atoms with Crippen molar-refractivity contribution in [2.75, 3.05) is 6.54 Å². The van der Waals surface area contributed by atoms with Crippen LogP contribution < -0.4 is 5.32 Å². The van der Waals surface area contributed by atoms with Gasteiger partial charge in [0.1, 0.15) is 0 Å². The summed E-state index contributed by atoms with van der Waals surface area (Å²) in [7, 11) is 0. The molecule has 0 radical (unpaired) electrons. The Hall–Kier alpha value is -0.0400. The molecule has 19 heavy (non-hydrogen) atoms. The van der Waals surface area contributed by atoms with E-state index in [-0.39, 0.29) is 0 Å². The van der Waals surface area contributed by atoms with Crippen molar-refractivity contribution < 1.29 is 0 Å². The Morgan fingerprint density at radius 3 is 1.95 bits per heavy atom. The summed E-state index contributed by atoms with van der Waals surface area (Å²) in [4.78, 5) is 0. The molecule has 1 fully saturated rings. The van der Waals surface area contributed by atoms with Gasteiger partial charge in [-0.05, 0) is 44.1 Å². The van der Waals surface area contributed by atoms with Crippen molar-refractivity contribution in [3.05, 3.63) is 0 Å². The van der Waals surface area contributed by atoms with Gasteiger partial charge in [-0.15, -0.1) is 0 Å². The lowest BCUT2D eigenvalue weighted by Gasteiger charge is -2.34. The lowest BCUT2D eigenvalue weighted by Crippen LogP contribution is -2.36. The average molecular weight is 268 g/mol. The third-order valence-corrected chi connectivity index (χ3v) is 4.80. The van der Waals surface area contributed by atoms with Crippen molar-refractivity contribution in [1.29, 1.82) is 0 Å². The molecule has 0 atom stereocenters. The molecular weight excluding hydrogens is 230 g/mol. The zero-order valence-electron chi connectivity index (χ0n) is 13.8. The molecule has 0 aliphatic heterocycles. The molecular formula is C18H37N. The van der Waals surface area contributed by atoms with E-state index < -0.39 is 0 Å². The van der Waals surface area contributed by atoms with Crippen LogP contribution in [-0.2, 0) is 0 Å². The van der Waals surface area contributed by atoms with Crippen LogP contribution in [0, 0.1) is 5.41 Å². The number of unbranched alkanes of at least 4 members (excludes halogenated alkanes) is 7. The third-order valence-electron chi connectivity index (χ3n) is 4.80. The molecule has 0 bridgehead atoms. The quantitative estimate of drug-likeness (QED) is 0.502. The first kappa shape index (κ1) is 17.0. The summed E-state index contributed by atoms with van der Waals surface area (Å²) in [5.41, 5.74) is 0.608. The van der Waals surface area contributed by atoms with Crippen LogP contribution in [0.2, 0.25) is 0 Å².